The maximum Gasteiger partial charge on any atom is 0.409 e. The summed E-state index contributed by atoms with van der Waals surface area (Å²) >= 11 is 0. The van der Waals surface area contributed by atoms with E-state index >= 15 is 0 Å². The Morgan fingerprint density at radius 1 is 1.03 bits per heavy atom. The number of unbranched alkanes of at least 4 members (excludes halogenated alkanes) is 7. The van der Waals surface area contributed by atoms with E-state index in [0.29, 0.717) is 23.1 Å². The molecule has 1 N–H and O–H groups in total. The summed E-state index contributed by atoms with van der Waals surface area (Å²) in [6, 6.07) is 8.20. The Morgan fingerprint density at radius 3 is 2.32 bits per heavy atom. The van der Waals surface area contributed by atoms with E-state index in [9.17, 15) is 18.0 Å². The highest BCUT2D eigenvalue weighted by Gasteiger charge is 2.51. The second kappa shape index (κ2) is 11.4. The third kappa shape index (κ3) is 6.65. The Bertz CT molecular complexity index is 959. The smallest absolute Gasteiger partial charge is 0.409 e. The Labute approximate surface area is 200 Å². The molecule has 1 atom stereocenters. The molecule has 0 aromatic heterocycles. The molecule has 0 radical (unpaired) electrons. The number of hydrazine groups is 1. The van der Waals surface area contributed by atoms with E-state index in [1.54, 1.807) is 44.2 Å². The number of carbonyl (C=O) groups excluding carboxylic acids is 1. The summed E-state index contributed by atoms with van der Waals surface area (Å²) in [7, 11) is 0. The van der Waals surface area contributed by atoms with Crippen LogP contribution in [0.1, 0.15) is 83.7 Å². The van der Waals surface area contributed by atoms with E-state index in [1.807, 2.05) is 0 Å². The second-order valence-corrected chi connectivity index (χ2v) is 9.95. The molecule has 2 aromatic carbocycles. The molecular formula is C27H37F3N2O2. The molecule has 1 saturated heterocycles. The molecule has 1 fully saturated rings. The van der Waals surface area contributed by atoms with Crippen LogP contribution in [0.3, 0.4) is 0 Å². The summed E-state index contributed by atoms with van der Waals surface area (Å²) in [5, 5.41) is 2.21. The van der Waals surface area contributed by atoms with Gasteiger partial charge in [-0.3, -0.25) is 10.2 Å². The summed E-state index contributed by atoms with van der Waals surface area (Å²) < 4.78 is 48.4. The zero-order valence-electron chi connectivity index (χ0n) is 20.5. The lowest BCUT2D eigenvalue weighted by Gasteiger charge is -2.30. The average molecular weight is 479 g/mol. The van der Waals surface area contributed by atoms with Crippen LogP contribution in [-0.2, 0) is 4.79 Å². The number of nitrogens with zero attached hydrogens (tertiary/aromatic N) is 1. The van der Waals surface area contributed by atoms with Gasteiger partial charge in [0.15, 0.2) is 6.04 Å². The standard InChI is InChI=1S/C27H37F3N2O2/c1-4-5-6-7-8-9-10-11-17-34-21-15-16-22-20(18-21)13-12-14-23(22)24(27(28,29)30)32-19-26(2,3)25(33)31-32/h12-16,18,24H,4-11,17,19H2,1-3H3,(H,31,33). The molecule has 0 saturated carbocycles. The fourth-order valence-corrected chi connectivity index (χ4v) is 4.54. The van der Waals surface area contributed by atoms with Crippen molar-refractivity contribution in [3.8, 4) is 5.75 Å². The van der Waals surface area contributed by atoms with Gasteiger partial charge in [-0.15, -0.1) is 0 Å². The predicted molar refractivity (Wildman–Crippen MR) is 129 cm³/mol. The molecule has 3 rings (SSSR count). The average Bonchev–Trinajstić information content (AvgIpc) is 3.03. The number of carbonyl (C=O) groups is 1. The van der Waals surface area contributed by atoms with Crippen molar-refractivity contribution in [3.63, 3.8) is 0 Å². The highest BCUT2D eigenvalue weighted by molar-refractivity contribution is 5.88. The van der Waals surface area contributed by atoms with Gasteiger partial charge in [0, 0.05) is 6.54 Å². The van der Waals surface area contributed by atoms with Gasteiger partial charge >= 0.3 is 6.18 Å². The zero-order chi connectivity index (χ0) is 24.8. The summed E-state index contributed by atoms with van der Waals surface area (Å²) in [6.45, 7) is 6.09. The zero-order valence-corrected chi connectivity index (χ0v) is 20.5. The van der Waals surface area contributed by atoms with Crippen molar-refractivity contribution >= 4 is 16.7 Å². The molecule has 1 aliphatic rings. The number of hydrogen-bond acceptors (Lipinski definition) is 3. The Hall–Kier alpha value is -2.28. The van der Waals surface area contributed by atoms with Crippen LogP contribution in [0.25, 0.3) is 10.8 Å². The van der Waals surface area contributed by atoms with Crippen molar-refractivity contribution in [2.75, 3.05) is 13.2 Å². The van der Waals surface area contributed by atoms with Crippen molar-refractivity contribution in [2.45, 2.75) is 84.4 Å². The molecule has 0 spiro atoms. The van der Waals surface area contributed by atoms with E-state index in [2.05, 4.69) is 12.3 Å². The van der Waals surface area contributed by atoms with Gasteiger partial charge in [0.2, 0.25) is 5.91 Å². The lowest BCUT2D eigenvalue weighted by Crippen LogP contribution is -2.43. The fraction of sp³-hybridized carbons (Fsp3) is 0.593. The van der Waals surface area contributed by atoms with Crippen LogP contribution in [0, 0.1) is 5.41 Å². The minimum absolute atomic E-state index is 0.0216. The van der Waals surface area contributed by atoms with E-state index in [-0.39, 0.29) is 12.1 Å². The molecule has 2 aromatic rings. The SMILES string of the molecule is CCCCCCCCCCOc1ccc2c(C(N3CC(C)(C)C(=O)N3)C(F)(F)F)cccc2c1. The summed E-state index contributed by atoms with van der Waals surface area (Å²) in [5.41, 5.74) is 1.67. The van der Waals surface area contributed by atoms with Gasteiger partial charge in [-0.05, 0) is 48.7 Å². The predicted octanol–water partition coefficient (Wildman–Crippen LogP) is 7.34. The lowest BCUT2D eigenvalue weighted by molar-refractivity contribution is -0.191. The summed E-state index contributed by atoms with van der Waals surface area (Å²) in [6.07, 6.45) is 5.16. The van der Waals surface area contributed by atoms with Gasteiger partial charge in [-0.2, -0.15) is 13.2 Å². The topological polar surface area (TPSA) is 41.6 Å². The maximum atomic E-state index is 14.2. The first kappa shape index (κ1) is 26.3. The van der Waals surface area contributed by atoms with Crippen LogP contribution >= 0.6 is 0 Å². The third-order valence-corrected chi connectivity index (χ3v) is 6.49. The van der Waals surface area contributed by atoms with Gasteiger partial charge in [-0.25, -0.2) is 5.01 Å². The molecule has 1 unspecified atom stereocenters. The van der Waals surface area contributed by atoms with Crippen molar-refractivity contribution in [1.29, 1.82) is 0 Å². The number of hydrogen-bond donors (Lipinski definition) is 1. The second-order valence-electron chi connectivity index (χ2n) is 9.95. The molecule has 0 bridgehead atoms. The number of rotatable bonds is 12. The first-order chi connectivity index (χ1) is 16.1. The fourth-order valence-electron chi connectivity index (χ4n) is 4.54. The van der Waals surface area contributed by atoms with Crippen molar-refractivity contribution < 1.29 is 22.7 Å². The first-order valence-corrected chi connectivity index (χ1v) is 12.4. The lowest BCUT2D eigenvalue weighted by atomic mass is 9.93. The van der Waals surface area contributed by atoms with E-state index in [0.717, 1.165) is 17.9 Å². The normalized spacial score (nSPS) is 17.2. The Balaban J connectivity index is 1.66. The number of nitrogens with one attached hydrogen (secondary N) is 1. The van der Waals surface area contributed by atoms with E-state index in [1.165, 1.54) is 44.6 Å². The third-order valence-electron chi connectivity index (χ3n) is 6.49. The van der Waals surface area contributed by atoms with Gasteiger partial charge in [0.05, 0.1) is 12.0 Å². The molecule has 1 amide bonds. The van der Waals surface area contributed by atoms with E-state index in [4.69, 9.17) is 4.74 Å². The van der Waals surface area contributed by atoms with Gasteiger partial charge in [-0.1, -0.05) is 76.1 Å². The quantitative estimate of drug-likeness (QED) is 0.325. The maximum absolute atomic E-state index is 14.2. The molecule has 4 nitrogen and oxygen atoms in total. The van der Waals surface area contributed by atoms with Crippen LogP contribution in [-0.4, -0.2) is 30.2 Å². The van der Waals surface area contributed by atoms with E-state index < -0.39 is 23.5 Å². The minimum atomic E-state index is -4.55. The molecular weight excluding hydrogens is 441 g/mol. The largest absolute Gasteiger partial charge is 0.494 e. The van der Waals surface area contributed by atoms with Crippen LogP contribution in [0.4, 0.5) is 13.2 Å². The van der Waals surface area contributed by atoms with Crippen molar-refractivity contribution in [1.82, 2.24) is 10.4 Å². The Morgan fingerprint density at radius 2 is 1.71 bits per heavy atom. The summed E-state index contributed by atoms with van der Waals surface area (Å²) in [4.78, 5) is 12.2. The van der Waals surface area contributed by atoms with Crippen LogP contribution in [0.2, 0.25) is 0 Å². The van der Waals surface area contributed by atoms with Crippen molar-refractivity contribution in [2.24, 2.45) is 5.41 Å². The van der Waals surface area contributed by atoms with Crippen LogP contribution in [0.5, 0.6) is 5.75 Å². The van der Waals surface area contributed by atoms with Crippen LogP contribution in [0.15, 0.2) is 36.4 Å². The number of benzene rings is 2. The highest BCUT2D eigenvalue weighted by Crippen LogP contribution is 2.43. The highest BCUT2D eigenvalue weighted by atomic mass is 19.4. The Kier molecular flexibility index (Phi) is 8.85. The monoisotopic (exact) mass is 478 g/mol. The van der Waals surface area contributed by atoms with Gasteiger partial charge in [0.1, 0.15) is 5.75 Å². The molecule has 34 heavy (non-hydrogen) atoms. The number of alkyl halides is 3. The molecule has 0 aliphatic carbocycles. The molecule has 1 heterocycles. The van der Waals surface area contributed by atoms with Gasteiger partial charge in [0.25, 0.3) is 0 Å². The number of fused-ring (bicyclic) bond motifs is 1. The number of ether oxygens (including phenoxy) is 1. The molecule has 7 heteroatoms. The minimum Gasteiger partial charge on any atom is -0.494 e. The van der Waals surface area contributed by atoms with Gasteiger partial charge < -0.3 is 4.74 Å². The molecule has 1 aliphatic heterocycles. The number of amides is 1. The van der Waals surface area contributed by atoms with Crippen molar-refractivity contribution in [3.05, 3.63) is 42.0 Å². The first-order valence-electron chi connectivity index (χ1n) is 12.4. The summed E-state index contributed by atoms with van der Waals surface area (Å²) in [5.74, 6) is 0.255. The molecule has 188 valence electrons. The van der Waals surface area contributed by atoms with Crippen LogP contribution < -0.4 is 10.2 Å². The number of halogens is 3.